The molecule has 1 aromatic heterocycles. The summed E-state index contributed by atoms with van der Waals surface area (Å²) in [6, 6.07) is 25.0. The molecule has 0 bridgehead atoms. The number of amidine groups is 1. The highest BCUT2D eigenvalue weighted by molar-refractivity contribution is 8.15. The number of para-hydroxylation sites is 1. The number of nitrogens with one attached hydrogen (secondary N) is 3. The van der Waals surface area contributed by atoms with E-state index in [9.17, 15) is 9.59 Å². The van der Waals surface area contributed by atoms with Gasteiger partial charge in [-0.25, -0.2) is 0 Å². The Balaban J connectivity index is 1.28. The van der Waals surface area contributed by atoms with Gasteiger partial charge in [0.1, 0.15) is 11.0 Å². The number of carbonyl (C=O) groups is 2. The zero-order valence-corrected chi connectivity index (χ0v) is 20.2. The van der Waals surface area contributed by atoms with Crippen molar-refractivity contribution in [2.45, 2.75) is 11.7 Å². The molecule has 3 aromatic carbocycles. The Morgan fingerprint density at radius 3 is 2.58 bits per heavy atom. The van der Waals surface area contributed by atoms with Crippen LogP contribution in [-0.2, 0) is 9.59 Å². The molecule has 36 heavy (non-hydrogen) atoms. The molecule has 8 nitrogen and oxygen atoms in total. The Morgan fingerprint density at radius 1 is 1.06 bits per heavy atom. The van der Waals surface area contributed by atoms with Gasteiger partial charge in [-0.1, -0.05) is 60.3 Å². The number of benzene rings is 3. The number of H-pyrrole nitrogens is 1. The molecule has 1 unspecified atom stereocenters. The minimum Gasteiger partial charge on any atom is -0.497 e. The van der Waals surface area contributed by atoms with E-state index in [0.29, 0.717) is 16.6 Å². The number of fused-ring (bicyclic) bond motifs is 1. The van der Waals surface area contributed by atoms with E-state index in [0.717, 1.165) is 27.7 Å². The largest absolute Gasteiger partial charge is 0.497 e. The van der Waals surface area contributed by atoms with Gasteiger partial charge in [0.25, 0.3) is 0 Å². The number of aromatic amines is 1. The van der Waals surface area contributed by atoms with Crippen LogP contribution in [0.5, 0.6) is 5.75 Å². The second-order valence-corrected chi connectivity index (χ2v) is 9.24. The highest BCUT2D eigenvalue weighted by atomic mass is 32.2. The second-order valence-electron chi connectivity index (χ2n) is 8.05. The van der Waals surface area contributed by atoms with Gasteiger partial charge in [-0.05, 0) is 35.9 Å². The molecule has 1 fully saturated rings. The van der Waals surface area contributed by atoms with E-state index < -0.39 is 5.25 Å². The minimum atomic E-state index is -0.579. The second kappa shape index (κ2) is 10.5. The van der Waals surface area contributed by atoms with Crippen LogP contribution in [0.3, 0.4) is 0 Å². The van der Waals surface area contributed by atoms with Gasteiger partial charge in [-0.2, -0.15) is 5.10 Å². The van der Waals surface area contributed by atoms with Gasteiger partial charge in [-0.15, -0.1) is 5.10 Å². The first kappa shape index (κ1) is 23.4. The number of hydrogen-bond acceptors (Lipinski definition) is 6. The lowest BCUT2D eigenvalue weighted by molar-refractivity contribution is -0.122. The number of aromatic nitrogens is 1. The number of nitrogens with zero attached hydrogens (tertiary/aromatic N) is 2. The molecule has 0 saturated carbocycles. The van der Waals surface area contributed by atoms with Gasteiger partial charge in [0.05, 0.1) is 19.0 Å². The summed E-state index contributed by atoms with van der Waals surface area (Å²) in [5.41, 5.74) is 4.52. The number of anilines is 1. The summed E-state index contributed by atoms with van der Waals surface area (Å²) >= 11 is 1.19. The molecule has 3 N–H and O–H groups in total. The highest BCUT2D eigenvalue weighted by Gasteiger charge is 2.32. The molecule has 1 aliphatic rings. The molecule has 9 heteroatoms. The first-order chi connectivity index (χ1) is 17.6. The summed E-state index contributed by atoms with van der Waals surface area (Å²) < 4.78 is 5.12. The van der Waals surface area contributed by atoms with E-state index in [1.807, 2.05) is 54.6 Å². The van der Waals surface area contributed by atoms with Crippen LogP contribution in [0.25, 0.3) is 22.2 Å². The number of rotatable bonds is 7. The maximum Gasteiger partial charge on any atom is 0.240 e. The Kier molecular flexibility index (Phi) is 6.81. The summed E-state index contributed by atoms with van der Waals surface area (Å²) in [6.07, 6.45) is 1.70. The Morgan fingerprint density at radius 2 is 1.81 bits per heavy atom. The molecule has 0 spiro atoms. The molecule has 5 rings (SSSR count). The van der Waals surface area contributed by atoms with E-state index in [1.54, 1.807) is 37.6 Å². The van der Waals surface area contributed by atoms with Crippen molar-refractivity contribution < 1.29 is 14.3 Å². The summed E-state index contributed by atoms with van der Waals surface area (Å²) in [5.74, 6) is 0.170. The molecule has 2 amide bonds. The fraction of sp³-hybridized carbons (Fsp3) is 0.111. The maximum absolute atomic E-state index is 12.4. The van der Waals surface area contributed by atoms with E-state index in [4.69, 9.17) is 4.74 Å². The number of hydrogen-bond donors (Lipinski definition) is 3. The molecule has 4 aromatic rings. The van der Waals surface area contributed by atoms with Crippen LogP contribution in [0.4, 0.5) is 5.69 Å². The number of methoxy groups -OCH3 is 1. The maximum atomic E-state index is 12.4. The monoisotopic (exact) mass is 497 g/mol. The first-order valence-electron chi connectivity index (χ1n) is 11.3. The number of ether oxygens (including phenoxy) is 1. The molecule has 1 saturated heterocycles. The quantitative estimate of drug-likeness (QED) is 0.252. The van der Waals surface area contributed by atoms with E-state index in [1.165, 1.54) is 11.8 Å². The Labute approximate surface area is 211 Å². The fourth-order valence-corrected chi connectivity index (χ4v) is 4.83. The third-order valence-electron chi connectivity index (χ3n) is 5.67. The van der Waals surface area contributed by atoms with Crippen molar-refractivity contribution in [1.82, 2.24) is 10.3 Å². The highest BCUT2D eigenvalue weighted by Crippen LogP contribution is 2.29. The van der Waals surface area contributed by atoms with Crippen molar-refractivity contribution >= 4 is 51.5 Å². The molecular weight excluding hydrogens is 474 g/mol. The van der Waals surface area contributed by atoms with Gasteiger partial charge in [0.15, 0.2) is 5.17 Å². The number of amides is 2. The van der Waals surface area contributed by atoms with Crippen LogP contribution in [0.2, 0.25) is 0 Å². The van der Waals surface area contributed by atoms with Gasteiger partial charge in [-0.3, -0.25) is 9.59 Å². The third kappa shape index (κ3) is 5.16. The van der Waals surface area contributed by atoms with E-state index >= 15 is 0 Å². The van der Waals surface area contributed by atoms with Crippen LogP contribution in [0.1, 0.15) is 12.0 Å². The molecule has 0 radical (unpaired) electrons. The zero-order chi connectivity index (χ0) is 24.9. The third-order valence-corrected chi connectivity index (χ3v) is 6.74. The molecule has 1 aliphatic heterocycles. The van der Waals surface area contributed by atoms with Crippen molar-refractivity contribution in [2.24, 2.45) is 10.2 Å². The Bertz CT molecular complexity index is 1460. The molecule has 2 heterocycles. The smallest absolute Gasteiger partial charge is 0.240 e. The standard InChI is InChI=1S/C27H23N5O3S/c1-35-19-13-11-18(12-14-19)29-24(33)15-23-26(34)31-27(36-23)32-28-16-21-20-9-5-6-10-22(20)30-25(21)17-7-3-2-4-8-17/h2-14,16,23,30H,15H2,1H3,(H,29,33)(H,31,32,34)/b28-16+. The molecule has 1 atom stereocenters. The van der Waals surface area contributed by atoms with Gasteiger partial charge in [0, 0.05) is 28.6 Å². The topological polar surface area (TPSA) is 108 Å². The van der Waals surface area contributed by atoms with Crippen LogP contribution in [0.15, 0.2) is 89.1 Å². The summed E-state index contributed by atoms with van der Waals surface area (Å²) in [7, 11) is 1.58. The van der Waals surface area contributed by atoms with Crippen molar-refractivity contribution in [3.05, 3.63) is 84.4 Å². The normalized spacial score (nSPS) is 16.5. The van der Waals surface area contributed by atoms with Crippen LogP contribution in [-0.4, -0.2) is 40.5 Å². The molecule has 0 aliphatic carbocycles. The van der Waals surface area contributed by atoms with Gasteiger partial charge in [0.2, 0.25) is 11.8 Å². The summed E-state index contributed by atoms with van der Waals surface area (Å²) in [6.45, 7) is 0. The predicted molar refractivity (Wildman–Crippen MR) is 145 cm³/mol. The predicted octanol–water partition coefficient (Wildman–Crippen LogP) is 4.79. The molecular formula is C27H23N5O3S. The van der Waals surface area contributed by atoms with Crippen molar-refractivity contribution in [3.8, 4) is 17.0 Å². The fourth-order valence-electron chi connectivity index (χ4n) is 3.91. The summed E-state index contributed by atoms with van der Waals surface area (Å²) in [5, 5.41) is 14.8. The average molecular weight is 498 g/mol. The van der Waals surface area contributed by atoms with Crippen molar-refractivity contribution in [1.29, 1.82) is 0 Å². The SMILES string of the molecule is COc1ccc(NC(=O)CC2S/C(=N/N=C/c3c(-c4ccccc4)[nH]c4ccccc34)NC2=O)cc1. The lowest BCUT2D eigenvalue weighted by Crippen LogP contribution is -2.28. The van der Waals surface area contributed by atoms with Crippen LogP contribution < -0.4 is 15.4 Å². The lowest BCUT2D eigenvalue weighted by Gasteiger charge is -2.08. The van der Waals surface area contributed by atoms with Crippen molar-refractivity contribution in [2.75, 3.05) is 12.4 Å². The lowest BCUT2D eigenvalue weighted by atomic mass is 10.1. The van der Waals surface area contributed by atoms with Crippen LogP contribution >= 0.6 is 11.8 Å². The minimum absolute atomic E-state index is 0.0197. The summed E-state index contributed by atoms with van der Waals surface area (Å²) in [4.78, 5) is 28.3. The van der Waals surface area contributed by atoms with E-state index in [2.05, 4.69) is 25.8 Å². The average Bonchev–Trinajstić information content (AvgIpc) is 3.45. The van der Waals surface area contributed by atoms with Gasteiger partial charge >= 0.3 is 0 Å². The first-order valence-corrected chi connectivity index (χ1v) is 12.2. The number of thioether (sulfide) groups is 1. The van der Waals surface area contributed by atoms with Gasteiger partial charge < -0.3 is 20.4 Å². The molecule has 180 valence electrons. The van der Waals surface area contributed by atoms with E-state index in [-0.39, 0.29) is 18.2 Å². The van der Waals surface area contributed by atoms with Crippen LogP contribution in [0, 0.1) is 0 Å². The number of carbonyl (C=O) groups excluding carboxylic acids is 2. The Hall–Kier alpha value is -4.37. The van der Waals surface area contributed by atoms with Crippen molar-refractivity contribution in [3.63, 3.8) is 0 Å². The zero-order valence-electron chi connectivity index (χ0n) is 19.4.